The van der Waals surface area contributed by atoms with Gasteiger partial charge < -0.3 is 24.1 Å². The molecule has 0 atom stereocenters. The van der Waals surface area contributed by atoms with Crippen molar-refractivity contribution in [1.29, 1.82) is 0 Å². The standard InChI is InChI=1S/C21H22N2O5/c1-13-19(21(24)22-12-14-5-7-16(25-2)8-6-14)20(28-23-13)15-9-17(26-3)11-18(10-15)27-4/h5-11H,12H2,1-4H3,(H,22,24). The van der Waals surface area contributed by atoms with Crippen LogP contribution >= 0.6 is 0 Å². The number of methoxy groups -OCH3 is 3. The number of nitrogens with zero attached hydrogens (tertiary/aromatic N) is 1. The number of nitrogens with one attached hydrogen (secondary N) is 1. The van der Waals surface area contributed by atoms with Crippen molar-refractivity contribution >= 4 is 5.91 Å². The molecule has 28 heavy (non-hydrogen) atoms. The average Bonchev–Trinajstić information content (AvgIpc) is 3.13. The first-order valence-corrected chi connectivity index (χ1v) is 8.66. The Balaban J connectivity index is 1.85. The smallest absolute Gasteiger partial charge is 0.257 e. The lowest BCUT2D eigenvalue weighted by atomic mass is 10.1. The van der Waals surface area contributed by atoms with E-state index < -0.39 is 0 Å². The van der Waals surface area contributed by atoms with E-state index in [0.717, 1.165) is 11.3 Å². The van der Waals surface area contributed by atoms with Crippen LogP contribution in [0.2, 0.25) is 0 Å². The van der Waals surface area contributed by atoms with E-state index in [-0.39, 0.29) is 5.91 Å². The van der Waals surface area contributed by atoms with Crippen molar-refractivity contribution in [3.63, 3.8) is 0 Å². The van der Waals surface area contributed by atoms with Crippen LogP contribution < -0.4 is 19.5 Å². The fourth-order valence-electron chi connectivity index (χ4n) is 2.79. The molecule has 7 heteroatoms. The van der Waals surface area contributed by atoms with Gasteiger partial charge >= 0.3 is 0 Å². The summed E-state index contributed by atoms with van der Waals surface area (Å²) in [5.41, 5.74) is 2.48. The van der Waals surface area contributed by atoms with Crippen LogP contribution in [0.25, 0.3) is 11.3 Å². The van der Waals surface area contributed by atoms with Gasteiger partial charge in [0.15, 0.2) is 5.76 Å². The third-order valence-electron chi connectivity index (χ3n) is 4.32. The summed E-state index contributed by atoms with van der Waals surface area (Å²) in [6.45, 7) is 2.10. The number of benzene rings is 2. The van der Waals surface area contributed by atoms with Gasteiger partial charge in [-0.05, 0) is 36.8 Å². The molecule has 2 aromatic carbocycles. The summed E-state index contributed by atoms with van der Waals surface area (Å²) >= 11 is 0. The summed E-state index contributed by atoms with van der Waals surface area (Å²) in [5, 5.41) is 6.87. The molecule has 146 valence electrons. The van der Waals surface area contributed by atoms with Gasteiger partial charge in [-0.1, -0.05) is 17.3 Å². The maximum Gasteiger partial charge on any atom is 0.257 e. The second-order valence-electron chi connectivity index (χ2n) is 6.10. The molecule has 1 amide bonds. The Bertz CT molecular complexity index is 941. The summed E-state index contributed by atoms with van der Waals surface area (Å²) in [5.74, 6) is 2.04. The fourth-order valence-corrected chi connectivity index (χ4v) is 2.79. The molecule has 1 heterocycles. The van der Waals surface area contributed by atoms with E-state index in [1.165, 1.54) is 0 Å². The van der Waals surface area contributed by atoms with Crippen molar-refractivity contribution in [2.24, 2.45) is 0 Å². The van der Waals surface area contributed by atoms with E-state index in [1.54, 1.807) is 46.5 Å². The van der Waals surface area contributed by atoms with Crippen molar-refractivity contribution in [1.82, 2.24) is 10.5 Å². The molecule has 7 nitrogen and oxygen atoms in total. The molecule has 0 fully saturated rings. The Kier molecular flexibility index (Phi) is 5.84. The SMILES string of the molecule is COc1ccc(CNC(=O)c2c(C)noc2-c2cc(OC)cc(OC)c2)cc1. The third kappa shape index (κ3) is 4.09. The van der Waals surface area contributed by atoms with E-state index in [9.17, 15) is 4.79 Å². The van der Waals surface area contributed by atoms with Gasteiger partial charge in [0.25, 0.3) is 5.91 Å². The molecule has 1 aromatic heterocycles. The number of hydrogen-bond donors (Lipinski definition) is 1. The van der Waals surface area contributed by atoms with Crippen molar-refractivity contribution in [3.05, 3.63) is 59.3 Å². The normalized spacial score (nSPS) is 10.4. The van der Waals surface area contributed by atoms with Crippen LogP contribution in [-0.4, -0.2) is 32.4 Å². The molecule has 3 aromatic rings. The lowest BCUT2D eigenvalue weighted by Gasteiger charge is -2.09. The molecule has 3 rings (SSSR count). The summed E-state index contributed by atoms with van der Waals surface area (Å²) < 4.78 is 21.2. The van der Waals surface area contributed by atoms with Crippen molar-refractivity contribution in [3.8, 4) is 28.6 Å². The number of carbonyl (C=O) groups excluding carboxylic acids is 1. The number of aryl methyl sites for hydroxylation is 1. The highest BCUT2D eigenvalue weighted by molar-refractivity contribution is 6.00. The number of hydrogen-bond acceptors (Lipinski definition) is 6. The highest BCUT2D eigenvalue weighted by Gasteiger charge is 2.22. The second-order valence-corrected chi connectivity index (χ2v) is 6.10. The number of carbonyl (C=O) groups is 1. The number of aromatic nitrogens is 1. The molecule has 0 unspecified atom stereocenters. The van der Waals surface area contributed by atoms with E-state index in [0.29, 0.717) is 40.6 Å². The molecular weight excluding hydrogens is 360 g/mol. The van der Waals surface area contributed by atoms with E-state index in [1.807, 2.05) is 24.3 Å². The zero-order valence-electron chi connectivity index (χ0n) is 16.2. The van der Waals surface area contributed by atoms with Gasteiger partial charge in [-0.25, -0.2) is 0 Å². The van der Waals surface area contributed by atoms with Gasteiger partial charge in [0.05, 0.1) is 27.0 Å². The number of rotatable bonds is 7. The van der Waals surface area contributed by atoms with Crippen molar-refractivity contribution < 1.29 is 23.5 Å². The minimum atomic E-state index is -0.272. The lowest BCUT2D eigenvalue weighted by Crippen LogP contribution is -2.23. The van der Waals surface area contributed by atoms with Gasteiger partial charge in [0.1, 0.15) is 22.8 Å². The molecule has 0 aliphatic rings. The quantitative estimate of drug-likeness (QED) is 0.672. The highest BCUT2D eigenvalue weighted by atomic mass is 16.5. The van der Waals surface area contributed by atoms with Crippen LogP contribution in [0.4, 0.5) is 0 Å². The number of amides is 1. The summed E-state index contributed by atoms with van der Waals surface area (Å²) in [6.07, 6.45) is 0. The van der Waals surface area contributed by atoms with Gasteiger partial charge in [-0.2, -0.15) is 0 Å². The maximum atomic E-state index is 12.8. The van der Waals surface area contributed by atoms with Crippen LogP contribution in [0.1, 0.15) is 21.6 Å². The molecule has 0 saturated carbocycles. The summed E-state index contributed by atoms with van der Waals surface area (Å²) in [6, 6.07) is 12.8. The first-order valence-electron chi connectivity index (χ1n) is 8.66. The monoisotopic (exact) mass is 382 g/mol. The second kappa shape index (κ2) is 8.47. The molecule has 0 aliphatic heterocycles. The molecule has 0 spiro atoms. The van der Waals surface area contributed by atoms with Gasteiger partial charge in [0.2, 0.25) is 0 Å². The average molecular weight is 382 g/mol. The summed E-state index contributed by atoms with van der Waals surface area (Å²) in [4.78, 5) is 12.8. The molecular formula is C21H22N2O5. The fraction of sp³-hybridized carbons (Fsp3) is 0.238. The zero-order chi connectivity index (χ0) is 20.1. The van der Waals surface area contributed by atoms with Gasteiger partial charge in [0, 0.05) is 18.2 Å². The van der Waals surface area contributed by atoms with Gasteiger partial charge in [-0.3, -0.25) is 4.79 Å². The maximum absolute atomic E-state index is 12.8. The van der Waals surface area contributed by atoms with Crippen LogP contribution in [0.15, 0.2) is 47.0 Å². The topological polar surface area (TPSA) is 82.8 Å². The van der Waals surface area contributed by atoms with E-state index in [2.05, 4.69) is 10.5 Å². The van der Waals surface area contributed by atoms with Crippen LogP contribution in [-0.2, 0) is 6.54 Å². The molecule has 0 bridgehead atoms. The highest BCUT2D eigenvalue weighted by Crippen LogP contribution is 2.33. The Hall–Kier alpha value is -3.48. The first-order chi connectivity index (χ1) is 13.5. The number of ether oxygens (including phenoxy) is 3. The van der Waals surface area contributed by atoms with Crippen LogP contribution in [0.5, 0.6) is 17.2 Å². The molecule has 0 aliphatic carbocycles. The van der Waals surface area contributed by atoms with Crippen molar-refractivity contribution in [2.75, 3.05) is 21.3 Å². The third-order valence-corrected chi connectivity index (χ3v) is 4.32. The molecule has 0 radical (unpaired) electrons. The van der Waals surface area contributed by atoms with Crippen LogP contribution in [0, 0.1) is 6.92 Å². The van der Waals surface area contributed by atoms with Crippen LogP contribution in [0.3, 0.4) is 0 Å². The lowest BCUT2D eigenvalue weighted by molar-refractivity contribution is 0.0950. The molecule has 0 saturated heterocycles. The Morgan fingerprint density at radius 1 is 0.964 bits per heavy atom. The van der Waals surface area contributed by atoms with Gasteiger partial charge in [-0.15, -0.1) is 0 Å². The zero-order valence-corrected chi connectivity index (χ0v) is 16.2. The Morgan fingerprint density at radius 3 is 2.14 bits per heavy atom. The predicted octanol–water partition coefficient (Wildman–Crippen LogP) is 3.61. The first kappa shape index (κ1) is 19.3. The Morgan fingerprint density at radius 2 is 1.57 bits per heavy atom. The largest absolute Gasteiger partial charge is 0.497 e. The predicted molar refractivity (Wildman–Crippen MR) is 104 cm³/mol. The summed E-state index contributed by atoms with van der Waals surface area (Å²) in [7, 11) is 4.74. The van der Waals surface area contributed by atoms with E-state index >= 15 is 0 Å². The van der Waals surface area contributed by atoms with E-state index in [4.69, 9.17) is 18.7 Å². The minimum absolute atomic E-state index is 0.272. The Labute approximate surface area is 163 Å². The minimum Gasteiger partial charge on any atom is -0.497 e. The molecule has 1 N–H and O–H groups in total. The van der Waals surface area contributed by atoms with Crippen molar-refractivity contribution in [2.45, 2.75) is 13.5 Å².